The van der Waals surface area contributed by atoms with Crippen molar-refractivity contribution in [3.63, 3.8) is 0 Å². The summed E-state index contributed by atoms with van der Waals surface area (Å²) in [6.07, 6.45) is 0.558. The Hall–Kier alpha value is -2.29. The lowest BCUT2D eigenvalue weighted by atomic mass is 10.2. The minimum atomic E-state index is -0.920. The highest BCUT2D eigenvalue weighted by molar-refractivity contribution is 6.33. The molecule has 9 nitrogen and oxygen atoms in total. The van der Waals surface area contributed by atoms with E-state index in [2.05, 4.69) is 15.1 Å². The van der Waals surface area contributed by atoms with Gasteiger partial charge < -0.3 is 20.6 Å². The van der Waals surface area contributed by atoms with E-state index in [1.807, 2.05) is 11.8 Å². The first-order valence-corrected chi connectivity index (χ1v) is 6.76. The molecule has 112 valence electrons. The van der Waals surface area contributed by atoms with Crippen molar-refractivity contribution in [2.24, 2.45) is 0 Å². The van der Waals surface area contributed by atoms with Gasteiger partial charge in [-0.1, -0.05) is 11.6 Å². The molecule has 21 heavy (non-hydrogen) atoms. The molecule has 0 bridgehead atoms. The lowest BCUT2D eigenvalue weighted by Crippen LogP contribution is -2.54. The van der Waals surface area contributed by atoms with E-state index >= 15 is 0 Å². The number of amides is 1. The van der Waals surface area contributed by atoms with Crippen LogP contribution in [0.3, 0.4) is 0 Å². The zero-order valence-corrected chi connectivity index (χ0v) is 12.0. The zero-order chi connectivity index (χ0) is 15.1. The van der Waals surface area contributed by atoms with Gasteiger partial charge in [-0.05, 0) is 6.92 Å². The summed E-state index contributed by atoms with van der Waals surface area (Å²) in [5.74, 6) is 0.620. The van der Waals surface area contributed by atoms with Crippen LogP contribution in [0.2, 0.25) is 5.02 Å². The molecule has 1 aliphatic heterocycles. The van der Waals surface area contributed by atoms with Crippen LogP contribution in [0.25, 0.3) is 5.65 Å². The van der Waals surface area contributed by atoms with Crippen LogP contribution in [0, 0.1) is 0 Å². The van der Waals surface area contributed by atoms with Crippen LogP contribution in [0.15, 0.2) is 6.20 Å². The number of carboxylic acid groups (broad SMARTS) is 1. The molecule has 3 rings (SSSR count). The second-order valence-corrected chi connectivity index (χ2v) is 5.29. The fourth-order valence-corrected chi connectivity index (χ4v) is 2.63. The summed E-state index contributed by atoms with van der Waals surface area (Å²) in [5.41, 5.74) is 6.16. The summed E-state index contributed by atoms with van der Waals surface area (Å²) >= 11 is 6.02. The van der Waals surface area contributed by atoms with Gasteiger partial charge in [-0.2, -0.15) is 19.6 Å². The zero-order valence-electron chi connectivity index (χ0n) is 11.3. The average Bonchev–Trinajstić information content (AvgIpc) is 2.79. The summed E-state index contributed by atoms with van der Waals surface area (Å²) in [6, 6.07) is -0.0599. The van der Waals surface area contributed by atoms with E-state index < -0.39 is 6.09 Å². The van der Waals surface area contributed by atoms with Crippen LogP contribution in [-0.2, 0) is 0 Å². The third-order valence-electron chi connectivity index (χ3n) is 3.48. The van der Waals surface area contributed by atoms with Crippen molar-refractivity contribution in [3.8, 4) is 0 Å². The third kappa shape index (κ3) is 2.29. The summed E-state index contributed by atoms with van der Waals surface area (Å²) in [5, 5.41) is 13.6. The predicted octanol–water partition coefficient (Wildman–Crippen LogP) is 0.548. The molecule has 0 unspecified atom stereocenters. The van der Waals surface area contributed by atoms with Crippen LogP contribution in [0.5, 0.6) is 0 Å². The molecule has 1 atom stereocenters. The van der Waals surface area contributed by atoms with Gasteiger partial charge in [-0.25, -0.2) is 4.79 Å². The molecule has 2 aromatic heterocycles. The van der Waals surface area contributed by atoms with Crippen LogP contribution >= 0.6 is 11.6 Å². The second kappa shape index (κ2) is 4.92. The summed E-state index contributed by atoms with van der Waals surface area (Å²) in [4.78, 5) is 22.7. The monoisotopic (exact) mass is 311 g/mol. The number of hydrogen-bond acceptors (Lipinski definition) is 6. The highest BCUT2D eigenvalue weighted by Gasteiger charge is 2.29. The Labute approximate surface area is 124 Å². The van der Waals surface area contributed by atoms with Gasteiger partial charge in [0, 0.05) is 25.7 Å². The number of nitrogens with zero attached hydrogens (tertiary/aromatic N) is 6. The fraction of sp³-hybridized carbons (Fsp3) is 0.455. The number of piperazine rings is 1. The molecule has 3 N–H and O–H groups in total. The van der Waals surface area contributed by atoms with E-state index in [0.717, 1.165) is 0 Å². The first-order valence-electron chi connectivity index (χ1n) is 6.38. The van der Waals surface area contributed by atoms with Crippen LogP contribution in [0.1, 0.15) is 6.92 Å². The van der Waals surface area contributed by atoms with E-state index in [1.165, 1.54) is 15.6 Å². The van der Waals surface area contributed by atoms with Crippen LogP contribution < -0.4 is 10.6 Å². The van der Waals surface area contributed by atoms with E-state index in [0.29, 0.717) is 36.3 Å². The maximum Gasteiger partial charge on any atom is 0.407 e. The number of halogens is 1. The maximum absolute atomic E-state index is 11.0. The minimum Gasteiger partial charge on any atom is -0.465 e. The molecule has 10 heteroatoms. The highest BCUT2D eigenvalue weighted by atomic mass is 35.5. The number of nitrogens with two attached hydrogens (primary N) is 1. The molecule has 0 radical (unpaired) electrons. The maximum atomic E-state index is 11.0. The topological polar surface area (TPSA) is 113 Å². The molecule has 2 aromatic rings. The molecular weight excluding hydrogens is 298 g/mol. The molecule has 0 aromatic carbocycles. The molecule has 3 heterocycles. The summed E-state index contributed by atoms with van der Waals surface area (Å²) in [7, 11) is 0. The lowest BCUT2D eigenvalue weighted by molar-refractivity contribution is 0.136. The van der Waals surface area contributed by atoms with Gasteiger partial charge in [0.25, 0.3) is 0 Å². The van der Waals surface area contributed by atoms with Gasteiger partial charge in [0.05, 0.1) is 6.20 Å². The SMILES string of the molecule is C[C@H]1CN(C(=O)O)CCN1c1nc(N)nc2c(Cl)cnn12. The molecule has 0 spiro atoms. The first kappa shape index (κ1) is 13.7. The molecule has 1 saturated heterocycles. The molecule has 1 aliphatic rings. The molecule has 1 fully saturated rings. The van der Waals surface area contributed by atoms with Gasteiger partial charge in [-0.15, -0.1) is 0 Å². The predicted molar refractivity (Wildman–Crippen MR) is 76.6 cm³/mol. The molecular formula is C11H14ClN7O2. The van der Waals surface area contributed by atoms with E-state index in [9.17, 15) is 4.79 Å². The van der Waals surface area contributed by atoms with Gasteiger partial charge in [0.15, 0.2) is 5.65 Å². The summed E-state index contributed by atoms with van der Waals surface area (Å²) in [6.45, 7) is 3.19. The molecule has 0 aliphatic carbocycles. The number of rotatable bonds is 1. The van der Waals surface area contributed by atoms with E-state index in [-0.39, 0.29) is 12.0 Å². The Morgan fingerprint density at radius 1 is 1.48 bits per heavy atom. The Balaban J connectivity index is 1.99. The Morgan fingerprint density at radius 3 is 2.90 bits per heavy atom. The number of anilines is 2. The number of fused-ring (bicyclic) bond motifs is 1. The average molecular weight is 312 g/mol. The fourth-order valence-electron chi connectivity index (χ4n) is 2.47. The third-order valence-corrected chi connectivity index (χ3v) is 3.75. The second-order valence-electron chi connectivity index (χ2n) is 4.88. The minimum absolute atomic E-state index is 0.0599. The highest BCUT2D eigenvalue weighted by Crippen LogP contribution is 2.23. The Bertz CT molecular complexity index is 703. The standard InChI is InChI=1S/C11H14ClN7O2/c1-6-5-17(11(20)21)2-3-18(6)10-16-9(13)15-8-7(12)4-14-19(8)10/h4,6H,2-3,5H2,1H3,(H2,13,15)(H,20,21)/t6-/m0/s1. The Kier molecular flexibility index (Phi) is 3.20. The van der Waals surface area contributed by atoms with Crippen LogP contribution in [-0.4, -0.2) is 61.4 Å². The molecule has 0 saturated carbocycles. The lowest BCUT2D eigenvalue weighted by Gasteiger charge is -2.38. The normalized spacial score (nSPS) is 19.2. The van der Waals surface area contributed by atoms with Gasteiger partial charge in [-0.3, -0.25) is 0 Å². The molecule has 1 amide bonds. The van der Waals surface area contributed by atoms with Gasteiger partial charge in [0.1, 0.15) is 5.02 Å². The number of hydrogen-bond donors (Lipinski definition) is 2. The van der Waals surface area contributed by atoms with Crippen molar-refractivity contribution in [2.45, 2.75) is 13.0 Å². The smallest absolute Gasteiger partial charge is 0.407 e. The van der Waals surface area contributed by atoms with Crippen molar-refractivity contribution >= 4 is 35.2 Å². The Morgan fingerprint density at radius 2 is 2.24 bits per heavy atom. The van der Waals surface area contributed by atoms with Crippen LogP contribution in [0.4, 0.5) is 16.7 Å². The van der Waals surface area contributed by atoms with Crippen molar-refractivity contribution in [1.82, 2.24) is 24.5 Å². The van der Waals surface area contributed by atoms with Crippen molar-refractivity contribution < 1.29 is 9.90 Å². The quantitative estimate of drug-likeness (QED) is 0.790. The largest absolute Gasteiger partial charge is 0.465 e. The first-order chi connectivity index (χ1) is 9.97. The van der Waals surface area contributed by atoms with Crippen molar-refractivity contribution in [2.75, 3.05) is 30.3 Å². The van der Waals surface area contributed by atoms with E-state index in [1.54, 1.807) is 0 Å². The number of aromatic nitrogens is 4. The van der Waals surface area contributed by atoms with Crippen molar-refractivity contribution in [1.29, 1.82) is 0 Å². The van der Waals surface area contributed by atoms with Gasteiger partial charge in [0.2, 0.25) is 11.9 Å². The van der Waals surface area contributed by atoms with Crippen molar-refractivity contribution in [3.05, 3.63) is 11.2 Å². The summed E-state index contributed by atoms with van der Waals surface area (Å²) < 4.78 is 1.52. The number of nitrogen functional groups attached to an aromatic ring is 1. The van der Waals surface area contributed by atoms with E-state index in [4.69, 9.17) is 22.4 Å². The number of carbonyl (C=O) groups is 1. The van der Waals surface area contributed by atoms with Gasteiger partial charge >= 0.3 is 6.09 Å².